The molecule has 0 spiro atoms. The van der Waals surface area contributed by atoms with Gasteiger partial charge in [0.25, 0.3) is 0 Å². The van der Waals surface area contributed by atoms with Gasteiger partial charge < -0.3 is 4.90 Å². The van der Waals surface area contributed by atoms with E-state index in [-0.39, 0.29) is 22.3 Å². The highest BCUT2D eigenvalue weighted by Crippen LogP contribution is 2.32. The molecule has 2 aromatic rings. The average molecular weight is 414 g/mol. The highest BCUT2D eigenvalue weighted by molar-refractivity contribution is 7.91. The summed E-state index contributed by atoms with van der Waals surface area (Å²) in [5.74, 6) is -3.65. The van der Waals surface area contributed by atoms with Gasteiger partial charge in [0.2, 0.25) is 9.84 Å². The summed E-state index contributed by atoms with van der Waals surface area (Å²) in [5.41, 5.74) is 0.841. The van der Waals surface area contributed by atoms with Crippen molar-refractivity contribution in [3.8, 4) is 0 Å². The molecule has 0 radical (unpaired) electrons. The Morgan fingerprint density at radius 2 is 1.63 bits per heavy atom. The maximum absolute atomic E-state index is 13.0. The molecule has 0 aliphatic carbocycles. The number of halogens is 3. The molecule has 1 fully saturated rings. The van der Waals surface area contributed by atoms with Gasteiger partial charge in [-0.1, -0.05) is 23.7 Å². The van der Waals surface area contributed by atoms with Gasteiger partial charge in [-0.3, -0.25) is 4.79 Å². The second-order valence-corrected chi connectivity index (χ2v) is 8.73. The monoisotopic (exact) mass is 413 g/mol. The predicted octanol–water partition coefficient (Wildman–Crippen LogP) is 4.44. The molecular formula is C19H18ClF2NO3S. The molecule has 4 nitrogen and oxygen atoms in total. The van der Waals surface area contributed by atoms with Gasteiger partial charge in [-0.05, 0) is 49.2 Å². The summed E-state index contributed by atoms with van der Waals surface area (Å²) in [5, 5.41) is 0.554. The van der Waals surface area contributed by atoms with E-state index in [4.69, 9.17) is 11.6 Å². The number of hydrogen-bond acceptors (Lipinski definition) is 4. The lowest BCUT2D eigenvalue weighted by Crippen LogP contribution is -2.37. The van der Waals surface area contributed by atoms with E-state index in [1.54, 1.807) is 35.2 Å². The zero-order valence-electron chi connectivity index (χ0n) is 14.3. The SMILES string of the molecule is O=C(c1ccc(Cl)cc1)C1CCN(c2ccccc2S(=O)(=O)C(F)F)CC1. The van der Waals surface area contributed by atoms with Gasteiger partial charge in [-0.15, -0.1) is 0 Å². The Bertz CT molecular complexity index is 924. The molecule has 0 aromatic heterocycles. The molecule has 8 heteroatoms. The fourth-order valence-corrected chi connectivity index (χ4v) is 4.36. The lowest BCUT2D eigenvalue weighted by atomic mass is 9.88. The van der Waals surface area contributed by atoms with Crippen molar-refractivity contribution in [2.45, 2.75) is 23.5 Å². The second kappa shape index (κ2) is 7.94. The topological polar surface area (TPSA) is 54.5 Å². The zero-order valence-corrected chi connectivity index (χ0v) is 15.9. The first-order valence-corrected chi connectivity index (χ1v) is 10.4. The molecule has 0 bridgehead atoms. The van der Waals surface area contributed by atoms with Gasteiger partial charge in [-0.25, -0.2) is 8.42 Å². The first kappa shape index (κ1) is 19.8. The Hall–Kier alpha value is -1.99. The van der Waals surface area contributed by atoms with E-state index in [2.05, 4.69) is 0 Å². The van der Waals surface area contributed by atoms with E-state index in [1.807, 2.05) is 0 Å². The molecule has 0 unspecified atom stereocenters. The van der Waals surface area contributed by atoms with Crippen LogP contribution in [0.15, 0.2) is 53.4 Å². The molecule has 1 heterocycles. The van der Waals surface area contributed by atoms with E-state index in [0.717, 1.165) is 0 Å². The smallest absolute Gasteiger partial charge is 0.341 e. The molecule has 1 saturated heterocycles. The van der Waals surface area contributed by atoms with Crippen LogP contribution in [-0.4, -0.2) is 33.0 Å². The van der Waals surface area contributed by atoms with Gasteiger partial charge in [0.05, 0.1) is 10.6 Å². The summed E-state index contributed by atoms with van der Waals surface area (Å²) in [6.45, 7) is 0.833. The van der Waals surface area contributed by atoms with Gasteiger partial charge in [0.15, 0.2) is 5.78 Å². The van der Waals surface area contributed by atoms with Crippen molar-refractivity contribution in [2.24, 2.45) is 5.92 Å². The maximum atomic E-state index is 13.0. The summed E-state index contributed by atoms with van der Waals surface area (Å²) >= 11 is 5.84. The standard InChI is InChI=1S/C19H18ClF2NO3S/c20-15-7-5-13(6-8-15)18(24)14-9-11-23(12-10-14)16-3-1-2-4-17(16)27(25,26)19(21)22/h1-8,14,19H,9-12H2. The number of alkyl halides is 2. The van der Waals surface area contributed by atoms with Crippen LogP contribution in [0.5, 0.6) is 0 Å². The molecule has 144 valence electrons. The van der Waals surface area contributed by atoms with Crippen molar-refractivity contribution < 1.29 is 22.0 Å². The van der Waals surface area contributed by atoms with Crippen LogP contribution in [0, 0.1) is 5.92 Å². The first-order valence-electron chi connectivity index (χ1n) is 8.46. The summed E-state index contributed by atoms with van der Waals surface area (Å²) in [6.07, 6.45) is 1.04. The van der Waals surface area contributed by atoms with Crippen LogP contribution < -0.4 is 4.90 Å². The molecule has 3 rings (SSSR count). The van der Waals surface area contributed by atoms with E-state index in [0.29, 0.717) is 36.5 Å². The largest absolute Gasteiger partial charge is 0.370 e. The molecule has 27 heavy (non-hydrogen) atoms. The molecule has 0 N–H and O–H groups in total. The van der Waals surface area contributed by atoms with Gasteiger partial charge in [0.1, 0.15) is 0 Å². The lowest BCUT2D eigenvalue weighted by molar-refractivity contribution is 0.0900. The number of anilines is 1. The quantitative estimate of drug-likeness (QED) is 0.680. The molecule has 0 amide bonds. The summed E-state index contributed by atoms with van der Waals surface area (Å²) in [6, 6.07) is 12.5. The number of sulfone groups is 1. The van der Waals surface area contributed by atoms with Crippen molar-refractivity contribution in [1.29, 1.82) is 0 Å². The number of rotatable bonds is 5. The van der Waals surface area contributed by atoms with Crippen LogP contribution in [-0.2, 0) is 9.84 Å². The minimum absolute atomic E-state index is 0.0137. The number of para-hydroxylation sites is 1. The number of hydrogen-bond donors (Lipinski definition) is 0. The van der Waals surface area contributed by atoms with Crippen molar-refractivity contribution >= 4 is 32.9 Å². The second-order valence-electron chi connectivity index (χ2n) is 6.41. The van der Waals surface area contributed by atoms with Gasteiger partial charge in [0, 0.05) is 29.6 Å². The fourth-order valence-electron chi connectivity index (χ4n) is 3.29. The number of carbonyl (C=O) groups excluding carboxylic acids is 1. The zero-order chi connectivity index (χ0) is 19.6. The van der Waals surface area contributed by atoms with E-state index in [9.17, 15) is 22.0 Å². The molecular weight excluding hydrogens is 396 g/mol. The summed E-state index contributed by atoms with van der Waals surface area (Å²) in [4.78, 5) is 14.0. The number of ketones is 1. The number of benzene rings is 2. The van der Waals surface area contributed by atoms with Crippen molar-refractivity contribution in [2.75, 3.05) is 18.0 Å². The summed E-state index contributed by atoms with van der Waals surface area (Å²) in [7, 11) is -4.69. The molecule has 1 aliphatic heterocycles. The third-order valence-electron chi connectivity index (χ3n) is 4.74. The Labute approximate surface area is 161 Å². The number of carbonyl (C=O) groups is 1. The normalized spacial score (nSPS) is 15.9. The Kier molecular flexibility index (Phi) is 5.81. The Balaban J connectivity index is 1.75. The van der Waals surface area contributed by atoms with Crippen molar-refractivity contribution in [1.82, 2.24) is 0 Å². The third-order valence-corrected chi connectivity index (χ3v) is 6.42. The third kappa shape index (κ3) is 4.14. The van der Waals surface area contributed by atoms with Gasteiger partial charge in [-0.2, -0.15) is 8.78 Å². The van der Waals surface area contributed by atoms with Crippen LogP contribution in [0.1, 0.15) is 23.2 Å². The fraction of sp³-hybridized carbons (Fsp3) is 0.316. The maximum Gasteiger partial charge on any atom is 0.341 e. The van der Waals surface area contributed by atoms with E-state index >= 15 is 0 Å². The van der Waals surface area contributed by atoms with Crippen LogP contribution in [0.25, 0.3) is 0 Å². The average Bonchev–Trinajstić information content (AvgIpc) is 2.68. The molecule has 2 aromatic carbocycles. The van der Waals surface area contributed by atoms with Crippen LogP contribution in [0.4, 0.5) is 14.5 Å². The van der Waals surface area contributed by atoms with Crippen LogP contribution >= 0.6 is 11.6 Å². The van der Waals surface area contributed by atoms with Crippen molar-refractivity contribution in [3.05, 3.63) is 59.1 Å². The lowest BCUT2D eigenvalue weighted by Gasteiger charge is -2.34. The molecule has 1 aliphatic rings. The highest BCUT2D eigenvalue weighted by atomic mass is 35.5. The highest BCUT2D eigenvalue weighted by Gasteiger charge is 2.32. The Morgan fingerprint density at radius 1 is 1.04 bits per heavy atom. The first-order chi connectivity index (χ1) is 12.8. The van der Waals surface area contributed by atoms with Crippen LogP contribution in [0.3, 0.4) is 0 Å². The van der Waals surface area contributed by atoms with E-state index < -0.39 is 15.6 Å². The molecule has 0 atom stereocenters. The van der Waals surface area contributed by atoms with Crippen LogP contribution in [0.2, 0.25) is 5.02 Å². The minimum Gasteiger partial charge on any atom is -0.370 e. The summed E-state index contributed by atoms with van der Waals surface area (Å²) < 4.78 is 49.8. The number of Topliss-reactive ketones (excluding diaryl/α,β-unsaturated/α-hetero) is 1. The van der Waals surface area contributed by atoms with E-state index in [1.165, 1.54) is 18.2 Å². The van der Waals surface area contributed by atoms with Crippen molar-refractivity contribution in [3.63, 3.8) is 0 Å². The Morgan fingerprint density at radius 3 is 2.22 bits per heavy atom. The number of nitrogens with zero attached hydrogens (tertiary/aromatic N) is 1. The minimum atomic E-state index is -4.69. The number of piperidine rings is 1. The van der Waals surface area contributed by atoms with Gasteiger partial charge >= 0.3 is 5.76 Å². The predicted molar refractivity (Wildman–Crippen MR) is 100 cm³/mol. The molecule has 0 saturated carbocycles.